The van der Waals surface area contributed by atoms with Gasteiger partial charge in [-0.25, -0.2) is 9.97 Å². The Kier molecular flexibility index (Phi) is 1.99. The van der Waals surface area contributed by atoms with Crippen LogP contribution in [0.4, 0.5) is 0 Å². The molecule has 0 unspecified atom stereocenters. The summed E-state index contributed by atoms with van der Waals surface area (Å²) >= 11 is 0. The quantitative estimate of drug-likeness (QED) is 0.645. The smallest absolute Gasteiger partial charge is 0.181 e. The van der Waals surface area contributed by atoms with Gasteiger partial charge in [-0.05, 0) is 13.0 Å². The maximum atomic E-state index is 5.38. The Morgan fingerprint density at radius 1 is 1.41 bits per heavy atom. The summed E-state index contributed by atoms with van der Waals surface area (Å²) in [7, 11) is 0. The Labute approximate surface area is 97.7 Å². The van der Waals surface area contributed by atoms with Crippen LogP contribution >= 0.6 is 0 Å². The first-order valence-electron chi connectivity index (χ1n) is 5.14. The number of hydrogen-bond donors (Lipinski definition) is 1. The number of hydrogen-bond acceptors (Lipinski definition) is 3. The van der Waals surface area contributed by atoms with Gasteiger partial charge in [0.15, 0.2) is 12.2 Å². The molecule has 3 aromatic rings. The van der Waals surface area contributed by atoms with E-state index in [1.165, 1.54) is 6.39 Å². The number of rotatable bonds is 1. The molecule has 0 fully saturated rings. The van der Waals surface area contributed by atoms with E-state index in [1.807, 2.05) is 19.2 Å². The zero-order valence-electron chi connectivity index (χ0n) is 9.19. The molecule has 17 heavy (non-hydrogen) atoms. The fraction of sp³-hybridized carbons (Fsp3) is 0.0769. The first kappa shape index (κ1) is 9.67. The molecule has 0 aliphatic carbocycles. The average molecular weight is 223 g/mol. The third-order valence-electron chi connectivity index (χ3n) is 2.69. The lowest BCUT2D eigenvalue weighted by atomic mass is 10.1. The van der Waals surface area contributed by atoms with Crippen LogP contribution in [-0.4, -0.2) is 15.0 Å². The molecular formula is C13H9N3O. The third-order valence-corrected chi connectivity index (χ3v) is 2.69. The molecule has 0 spiro atoms. The molecule has 4 nitrogen and oxygen atoms in total. The summed E-state index contributed by atoms with van der Waals surface area (Å²) in [5.74, 6) is 3.32. The maximum Gasteiger partial charge on any atom is 0.181 e. The summed E-state index contributed by atoms with van der Waals surface area (Å²) in [6.07, 6.45) is 10.3. The summed E-state index contributed by atoms with van der Waals surface area (Å²) in [4.78, 5) is 11.4. The van der Waals surface area contributed by atoms with Crippen LogP contribution in [0, 0.1) is 19.3 Å². The summed E-state index contributed by atoms with van der Waals surface area (Å²) in [6, 6.07) is 1.91. The number of pyridine rings is 1. The van der Waals surface area contributed by atoms with Crippen molar-refractivity contribution in [2.75, 3.05) is 0 Å². The monoisotopic (exact) mass is 223 g/mol. The zero-order valence-corrected chi connectivity index (χ0v) is 9.19. The van der Waals surface area contributed by atoms with Gasteiger partial charge in [0.2, 0.25) is 0 Å². The van der Waals surface area contributed by atoms with Crippen molar-refractivity contribution in [3.8, 4) is 23.7 Å². The minimum atomic E-state index is 0.743. The molecule has 82 valence electrons. The first-order chi connectivity index (χ1) is 8.29. The second kappa shape index (κ2) is 3.49. The first-order valence-corrected chi connectivity index (χ1v) is 5.14. The van der Waals surface area contributed by atoms with Gasteiger partial charge in [0, 0.05) is 28.9 Å². The number of terminal acetylenes is 1. The highest BCUT2D eigenvalue weighted by Gasteiger charge is 2.13. The molecule has 0 bridgehead atoms. The molecular weight excluding hydrogens is 214 g/mol. The molecule has 0 aromatic carbocycles. The van der Waals surface area contributed by atoms with Gasteiger partial charge in [0.05, 0.1) is 5.69 Å². The Balaban J connectivity index is 2.31. The minimum Gasteiger partial charge on any atom is -0.443 e. The number of aromatic nitrogens is 3. The van der Waals surface area contributed by atoms with E-state index >= 15 is 0 Å². The van der Waals surface area contributed by atoms with E-state index in [0.29, 0.717) is 0 Å². The number of aryl methyl sites for hydroxylation is 1. The predicted octanol–water partition coefficient (Wildman–Crippen LogP) is 2.51. The van der Waals surface area contributed by atoms with Crippen molar-refractivity contribution in [2.45, 2.75) is 6.92 Å². The number of nitrogens with one attached hydrogen (secondary N) is 1. The molecule has 3 aromatic heterocycles. The summed E-state index contributed by atoms with van der Waals surface area (Å²) in [6.45, 7) is 1.90. The largest absolute Gasteiger partial charge is 0.443 e. The molecule has 1 N–H and O–H groups in total. The number of nitrogens with zero attached hydrogens (tertiary/aromatic N) is 2. The van der Waals surface area contributed by atoms with Crippen LogP contribution in [0.25, 0.3) is 22.4 Å². The van der Waals surface area contributed by atoms with Gasteiger partial charge >= 0.3 is 0 Å². The van der Waals surface area contributed by atoms with Crippen molar-refractivity contribution >= 4 is 11.0 Å². The standard InChI is InChI=1S/C13H9N3O/c1-3-9-4-10-11(6-15-13(10)14-5-9)12-8(2)16-7-17-12/h1,4-7H,2H3,(H,14,15). The molecule has 0 radical (unpaired) electrons. The van der Waals surface area contributed by atoms with Crippen molar-refractivity contribution in [1.82, 2.24) is 15.0 Å². The van der Waals surface area contributed by atoms with Crippen LogP contribution < -0.4 is 0 Å². The second-order valence-electron chi connectivity index (χ2n) is 3.73. The van der Waals surface area contributed by atoms with E-state index in [9.17, 15) is 0 Å². The molecule has 0 saturated heterocycles. The number of aromatic amines is 1. The van der Waals surface area contributed by atoms with Crippen molar-refractivity contribution in [2.24, 2.45) is 0 Å². The molecule has 0 aliphatic heterocycles. The van der Waals surface area contributed by atoms with Gasteiger partial charge in [0.25, 0.3) is 0 Å². The van der Waals surface area contributed by atoms with E-state index < -0.39 is 0 Å². The van der Waals surface area contributed by atoms with Gasteiger partial charge in [-0.3, -0.25) is 0 Å². The van der Waals surface area contributed by atoms with Crippen molar-refractivity contribution in [3.63, 3.8) is 0 Å². The Hall–Kier alpha value is -2.54. The third kappa shape index (κ3) is 1.41. The Bertz CT molecular complexity index is 731. The highest BCUT2D eigenvalue weighted by molar-refractivity contribution is 5.93. The normalized spacial score (nSPS) is 10.6. The lowest BCUT2D eigenvalue weighted by Crippen LogP contribution is -1.81. The van der Waals surface area contributed by atoms with Crippen LogP contribution in [0.2, 0.25) is 0 Å². The molecule has 4 heteroatoms. The van der Waals surface area contributed by atoms with Gasteiger partial charge in [-0.2, -0.15) is 0 Å². The van der Waals surface area contributed by atoms with E-state index in [4.69, 9.17) is 10.8 Å². The molecule has 0 amide bonds. The van der Waals surface area contributed by atoms with E-state index in [1.54, 1.807) is 6.20 Å². The topological polar surface area (TPSA) is 54.7 Å². The van der Waals surface area contributed by atoms with Crippen LogP contribution in [0.5, 0.6) is 0 Å². The minimum absolute atomic E-state index is 0.743. The summed E-state index contributed by atoms with van der Waals surface area (Å²) in [5.41, 5.74) is 3.31. The number of fused-ring (bicyclic) bond motifs is 1. The molecule has 3 heterocycles. The van der Waals surface area contributed by atoms with Gasteiger partial charge < -0.3 is 9.40 Å². The Morgan fingerprint density at radius 3 is 3.00 bits per heavy atom. The summed E-state index contributed by atoms with van der Waals surface area (Å²) in [5, 5.41) is 0.945. The van der Waals surface area contributed by atoms with Crippen LogP contribution in [0.1, 0.15) is 11.3 Å². The van der Waals surface area contributed by atoms with Crippen LogP contribution in [0.3, 0.4) is 0 Å². The SMILES string of the molecule is C#Cc1cnc2[nH]cc(-c3ocnc3C)c2c1. The average Bonchev–Trinajstić information content (AvgIpc) is 2.94. The number of oxazole rings is 1. The fourth-order valence-electron chi connectivity index (χ4n) is 1.83. The van der Waals surface area contributed by atoms with Crippen LogP contribution in [-0.2, 0) is 0 Å². The molecule has 0 atom stereocenters. The summed E-state index contributed by atoms with van der Waals surface area (Å²) < 4.78 is 5.38. The molecule has 0 saturated carbocycles. The van der Waals surface area contributed by atoms with E-state index in [2.05, 4.69) is 20.9 Å². The van der Waals surface area contributed by atoms with Gasteiger partial charge in [-0.15, -0.1) is 6.42 Å². The van der Waals surface area contributed by atoms with Gasteiger partial charge in [0.1, 0.15) is 5.65 Å². The molecule has 3 rings (SSSR count). The number of H-pyrrole nitrogens is 1. The van der Waals surface area contributed by atoms with E-state index in [-0.39, 0.29) is 0 Å². The zero-order chi connectivity index (χ0) is 11.8. The highest BCUT2D eigenvalue weighted by atomic mass is 16.3. The highest BCUT2D eigenvalue weighted by Crippen LogP contribution is 2.29. The fourth-order valence-corrected chi connectivity index (χ4v) is 1.83. The molecule has 0 aliphatic rings. The van der Waals surface area contributed by atoms with E-state index in [0.717, 1.165) is 33.6 Å². The van der Waals surface area contributed by atoms with Crippen molar-refractivity contribution < 1.29 is 4.42 Å². The predicted molar refractivity (Wildman–Crippen MR) is 64.3 cm³/mol. The van der Waals surface area contributed by atoms with Crippen molar-refractivity contribution in [1.29, 1.82) is 0 Å². The van der Waals surface area contributed by atoms with Gasteiger partial charge in [-0.1, -0.05) is 5.92 Å². The second-order valence-corrected chi connectivity index (χ2v) is 3.73. The Morgan fingerprint density at radius 2 is 2.29 bits per heavy atom. The van der Waals surface area contributed by atoms with Crippen LogP contribution in [0.15, 0.2) is 29.3 Å². The maximum absolute atomic E-state index is 5.38. The van der Waals surface area contributed by atoms with Crippen molar-refractivity contribution in [3.05, 3.63) is 36.1 Å². The lowest BCUT2D eigenvalue weighted by Gasteiger charge is -1.96. The lowest BCUT2D eigenvalue weighted by molar-refractivity contribution is 0.572.